The zero-order valence-electron chi connectivity index (χ0n) is 12.3. The van der Waals surface area contributed by atoms with E-state index in [0.717, 1.165) is 36.9 Å². The summed E-state index contributed by atoms with van der Waals surface area (Å²) in [7, 11) is 1.84. The summed E-state index contributed by atoms with van der Waals surface area (Å²) in [4.78, 5) is 24.7. The molecule has 1 aliphatic heterocycles. The molecule has 2 amide bonds. The third kappa shape index (κ3) is 3.33. The fourth-order valence-electron chi connectivity index (χ4n) is 2.55. The van der Waals surface area contributed by atoms with Crippen molar-refractivity contribution in [3.8, 4) is 0 Å². The standard InChI is InChI=1S/C14H18N6OS/c1-19(14(21)18-12-3-8-17-22-12)11-4-9-20(10-5-11)13-15-6-2-7-16-13/h2-3,6-8,11H,4-5,9-10H2,1H3,(H,18,21). The summed E-state index contributed by atoms with van der Waals surface area (Å²) in [6, 6.07) is 3.76. The van der Waals surface area contributed by atoms with Crippen LogP contribution < -0.4 is 10.2 Å². The second-order valence-electron chi connectivity index (χ2n) is 5.18. The van der Waals surface area contributed by atoms with Gasteiger partial charge < -0.3 is 9.80 Å². The van der Waals surface area contributed by atoms with E-state index in [-0.39, 0.29) is 12.1 Å². The highest BCUT2D eigenvalue weighted by Crippen LogP contribution is 2.20. The second kappa shape index (κ2) is 6.69. The Morgan fingerprint density at radius 2 is 2.05 bits per heavy atom. The van der Waals surface area contributed by atoms with E-state index in [4.69, 9.17) is 0 Å². The molecule has 22 heavy (non-hydrogen) atoms. The Hall–Kier alpha value is -2.22. The van der Waals surface area contributed by atoms with Crippen molar-refractivity contribution in [2.75, 3.05) is 30.4 Å². The number of nitrogens with zero attached hydrogens (tertiary/aromatic N) is 5. The number of hydrogen-bond acceptors (Lipinski definition) is 6. The minimum atomic E-state index is -0.0846. The smallest absolute Gasteiger partial charge is 0.322 e. The molecule has 0 aromatic carbocycles. The number of amides is 2. The summed E-state index contributed by atoms with van der Waals surface area (Å²) in [5.41, 5.74) is 0. The summed E-state index contributed by atoms with van der Waals surface area (Å²) in [6.45, 7) is 1.71. The molecule has 0 bridgehead atoms. The lowest BCUT2D eigenvalue weighted by Crippen LogP contribution is -2.47. The van der Waals surface area contributed by atoms with Gasteiger partial charge in [-0.25, -0.2) is 14.8 Å². The fourth-order valence-corrected chi connectivity index (χ4v) is 3.04. The molecule has 1 saturated heterocycles. The molecule has 0 aliphatic carbocycles. The number of hydrogen-bond donors (Lipinski definition) is 1. The molecule has 0 radical (unpaired) electrons. The summed E-state index contributed by atoms with van der Waals surface area (Å²) < 4.78 is 3.98. The lowest BCUT2D eigenvalue weighted by atomic mass is 10.0. The molecule has 2 aromatic heterocycles. The van der Waals surface area contributed by atoms with Crippen LogP contribution >= 0.6 is 11.5 Å². The van der Waals surface area contributed by atoms with Crippen LogP contribution in [-0.2, 0) is 0 Å². The van der Waals surface area contributed by atoms with Crippen molar-refractivity contribution in [1.29, 1.82) is 0 Å². The first-order valence-corrected chi connectivity index (χ1v) is 7.98. The number of anilines is 2. The Labute approximate surface area is 133 Å². The highest BCUT2D eigenvalue weighted by molar-refractivity contribution is 7.10. The average Bonchev–Trinajstić information content (AvgIpc) is 3.08. The molecule has 0 atom stereocenters. The van der Waals surface area contributed by atoms with E-state index >= 15 is 0 Å². The Balaban J connectivity index is 1.53. The van der Waals surface area contributed by atoms with Gasteiger partial charge in [-0.05, 0) is 36.5 Å². The Morgan fingerprint density at radius 3 is 2.68 bits per heavy atom. The van der Waals surface area contributed by atoms with Crippen molar-refractivity contribution >= 4 is 28.5 Å². The van der Waals surface area contributed by atoms with Crippen LogP contribution in [0.1, 0.15) is 12.8 Å². The summed E-state index contributed by atoms with van der Waals surface area (Å²) >= 11 is 1.28. The third-order valence-corrected chi connectivity index (χ3v) is 4.50. The number of aromatic nitrogens is 3. The number of urea groups is 1. The van der Waals surface area contributed by atoms with Gasteiger partial charge >= 0.3 is 6.03 Å². The quantitative estimate of drug-likeness (QED) is 0.937. The van der Waals surface area contributed by atoms with E-state index in [1.165, 1.54) is 11.5 Å². The van der Waals surface area contributed by atoms with Gasteiger partial charge in [-0.15, -0.1) is 0 Å². The summed E-state index contributed by atoms with van der Waals surface area (Å²) in [5.74, 6) is 0.762. The third-order valence-electron chi connectivity index (χ3n) is 3.84. The monoisotopic (exact) mass is 318 g/mol. The van der Waals surface area contributed by atoms with Crippen molar-refractivity contribution in [3.05, 3.63) is 30.7 Å². The van der Waals surface area contributed by atoms with Crippen LogP contribution in [0.3, 0.4) is 0 Å². The molecule has 0 saturated carbocycles. The number of piperidine rings is 1. The Bertz CT molecular complexity index is 597. The van der Waals surface area contributed by atoms with Gasteiger partial charge in [0.05, 0.1) is 0 Å². The zero-order valence-corrected chi connectivity index (χ0v) is 13.2. The number of carbonyl (C=O) groups is 1. The summed E-state index contributed by atoms with van der Waals surface area (Å²) in [6.07, 6.45) is 7.00. The normalized spacial score (nSPS) is 15.6. The molecule has 2 aromatic rings. The highest BCUT2D eigenvalue weighted by atomic mass is 32.1. The van der Waals surface area contributed by atoms with Gasteiger partial charge in [-0.3, -0.25) is 5.32 Å². The maximum absolute atomic E-state index is 12.2. The van der Waals surface area contributed by atoms with Gasteiger partial charge in [0.25, 0.3) is 0 Å². The molecule has 1 fully saturated rings. The average molecular weight is 318 g/mol. The summed E-state index contributed by atoms with van der Waals surface area (Å²) in [5, 5.41) is 3.64. The lowest BCUT2D eigenvalue weighted by molar-refractivity contribution is 0.193. The van der Waals surface area contributed by atoms with Crippen LogP contribution in [0, 0.1) is 0 Å². The molecule has 1 aliphatic rings. The predicted octanol–water partition coefficient (Wildman–Crippen LogP) is 2.07. The first-order valence-electron chi connectivity index (χ1n) is 7.20. The molecule has 0 unspecified atom stereocenters. The highest BCUT2D eigenvalue weighted by Gasteiger charge is 2.26. The lowest BCUT2D eigenvalue weighted by Gasteiger charge is -2.36. The van der Waals surface area contributed by atoms with E-state index in [1.807, 2.05) is 13.1 Å². The number of rotatable bonds is 3. The van der Waals surface area contributed by atoms with Crippen LogP contribution in [0.4, 0.5) is 15.7 Å². The molecule has 0 spiro atoms. The SMILES string of the molecule is CN(C(=O)Nc1ccns1)C1CCN(c2ncccn2)CC1. The van der Waals surface area contributed by atoms with E-state index in [1.54, 1.807) is 29.6 Å². The molecule has 3 rings (SSSR count). The van der Waals surface area contributed by atoms with E-state index in [2.05, 4.69) is 24.6 Å². The van der Waals surface area contributed by atoms with Gasteiger partial charge in [0.15, 0.2) is 0 Å². The zero-order chi connectivity index (χ0) is 15.4. The molecule has 7 nitrogen and oxygen atoms in total. The van der Waals surface area contributed by atoms with E-state index in [0.29, 0.717) is 0 Å². The van der Waals surface area contributed by atoms with Gasteiger partial charge in [-0.2, -0.15) is 4.37 Å². The second-order valence-corrected chi connectivity index (χ2v) is 6.02. The molecule has 8 heteroatoms. The molecular weight excluding hydrogens is 300 g/mol. The number of carbonyl (C=O) groups excluding carboxylic acids is 1. The molecule has 3 heterocycles. The largest absolute Gasteiger partial charge is 0.341 e. The first kappa shape index (κ1) is 14.7. The van der Waals surface area contributed by atoms with Gasteiger partial charge in [0, 0.05) is 44.8 Å². The molecule has 116 valence electrons. The minimum absolute atomic E-state index is 0.0846. The van der Waals surface area contributed by atoms with Crippen molar-refractivity contribution in [3.63, 3.8) is 0 Å². The van der Waals surface area contributed by atoms with Gasteiger partial charge in [-0.1, -0.05) is 0 Å². The fraction of sp³-hybridized carbons (Fsp3) is 0.429. The maximum atomic E-state index is 12.2. The van der Waals surface area contributed by atoms with Crippen molar-refractivity contribution in [2.45, 2.75) is 18.9 Å². The van der Waals surface area contributed by atoms with Crippen molar-refractivity contribution < 1.29 is 4.79 Å². The Morgan fingerprint density at radius 1 is 1.32 bits per heavy atom. The van der Waals surface area contributed by atoms with Gasteiger partial charge in [0.2, 0.25) is 5.95 Å². The van der Waals surface area contributed by atoms with E-state index < -0.39 is 0 Å². The number of nitrogens with one attached hydrogen (secondary N) is 1. The molecule has 1 N–H and O–H groups in total. The predicted molar refractivity (Wildman–Crippen MR) is 86.2 cm³/mol. The van der Waals surface area contributed by atoms with Crippen LogP contribution in [-0.4, -0.2) is 51.5 Å². The van der Waals surface area contributed by atoms with Crippen molar-refractivity contribution in [1.82, 2.24) is 19.2 Å². The van der Waals surface area contributed by atoms with Crippen LogP contribution in [0.5, 0.6) is 0 Å². The Kier molecular flexibility index (Phi) is 4.47. The van der Waals surface area contributed by atoms with Gasteiger partial charge in [0.1, 0.15) is 5.00 Å². The molecular formula is C14H18N6OS. The maximum Gasteiger partial charge on any atom is 0.322 e. The van der Waals surface area contributed by atoms with Crippen LogP contribution in [0.2, 0.25) is 0 Å². The van der Waals surface area contributed by atoms with Crippen LogP contribution in [0.25, 0.3) is 0 Å². The first-order chi connectivity index (χ1) is 10.7. The van der Waals surface area contributed by atoms with Crippen LogP contribution in [0.15, 0.2) is 30.7 Å². The topological polar surface area (TPSA) is 74.2 Å². The minimum Gasteiger partial charge on any atom is -0.341 e. The van der Waals surface area contributed by atoms with E-state index in [9.17, 15) is 4.79 Å². The van der Waals surface area contributed by atoms with Crippen molar-refractivity contribution in [2.24, 2.45) is 0 Å².